The van der Waals surface area contributed by atoms with Gasteiger partial charge in [-0.15, -0.1) is 0 Å². The molecular formula is C42H82O7. The second kappa shape index (κ2) is 39.6. The van der Waals surface area contributed by atoms with Gasteiger partial charge in [0.05, 0.1) is 19.8 Å². The molecule has 292 valence electrons. The summed E-state index contributed by atoms with van der Waals surface area (Å²) in [7, 11) is 0. The summed E-state index contributed by atoms with van der Waals surface area (Å²) in [5, 5.41) is 18.6. The molecule has 7 heteroatoms. The van der Waals surface area contributed by atoms with E-state index in [-0.39, 0.29) is 31.8 Å². The quantitative estimate of drug-likeness (QED) is 0.0485. The van der Waals surface area contributed by atoms with Crippen molar-refractivity contribution < 1.29 is 34.0 Å². The molecule has 0 rings (SSSR count). The van der Waals surface area contributed by atoms with Crippen LogP contribution >= 0.6 is 0 Å². The predicted molar refractivity (Wildman–Crippen MR) is 204 cm³/mol. The smallest absolute Gasteiger partial charge is 0.306 e. The highest BCUT2D eigenvalue weighted by Crippen LogP contribution is 2.16. The topological polar surface area (TPSA) is 102 Å². The summed E-state index contributed by atoms with van der Waals surface area (Å²) >= 11 is 0. The molecule has 0 aromatic heterocycles. The van der Waals surface area contributed by atoms with Crippen molar-refractivity contribution >= 4 is 11.9 Å². The number of carbonyl (C=O) groups is 2. The number of rotatable bonds is 40. The molecule has 2 atom stereocenters. The van der Waals surface area contributed by atoms with Crippen molar-refractivity contribution in [1.29, 1.82) is 0 Å². The lowest BCUT2D eigenvalue weighted by Crippen LogP contribution is -2.31. The minimum absolute atomic E-state index is 0.00783. The molecule has 2 N–H and O–H groups in total. The third kappa shape index (κ3) is 37.9. The highest BCUT2D eigenvalue weighted by molar-refractivity contribution is 5.70. The van der Waals surface area contributed by atoms with Crippen LogP contribution in [0.15, 0.2) is 0 Å². The third-order valence-corrected chi connectivity index (χ3v) is 9.52. The third-order valence-electron chi connectivity index (χ3n) is 9.52. The van der Waals surface area contributed by atoms with Gasteiger partial charge in [0.25, 0.3) is 0 Å². The largest absolute Gasteiger partial charge is 0.462 e. The van der Waals surface area contributed by atoms with Crippen LogP contribution < -0.4 is 0 Å². The number of carbonyl (C=O) groups excluding carboxylic acids is 2. The fraction of sp³-hybridized carbons (Fsp3) is 0.952. The first-order valence-corrected chi connectivity index (χ1v) is 21.2. The van der Waals surface area contributed by atoms with Crippen LogP contribution in [0.3, 0.4) is 0 Å². The van der Waals surface area contributed by atoms with Crippen LogP contribution in [0.1, 0.15) is 219 Å². The van der Waals surface area contributed by atoms with E-state index in [1.807, 2.05) is 0 Å². The molecule has 0 aliphatic heterocycles. The van der Waals surface area contributed by atoms with E-state index in [9.17, 15) is 14.7 Å². The van der Waals surface area contributed by atoms with Gasteiger partial charge in [0, 0.05) is 12.8 Å². The summed E-state index contributed by atoms with van der Waals surface area (Å²) < 4.78 is 16.4. The van der Waals surface area contributed by atoms with Crippen LogP contribution in [0, 0.1) is 0 Å². The van der Waals surface area contributed by atoms with Gasteiger partial charge in [-0.05, 0) is 12.8 Å². The van der Waals surface area contributed by atoms with Crippen LogP contribution in [0.2, 0.25) is 0 Å². The summed E-state index contributed by atoms with van der Waals surface area (Å²) in [5.41, 5.74) is 0. The predicted octanol–water partition coefficient (Wildman–Crippen LogP) is 11.3. The number of hydrogen-bond donors (Lipinski definition) is 2. The molecule has 0 saturated heterocycles. The molecular weight excluding hydrogens is 616 g/mol. The summed E-state index contributed by atoms with van der Waals surface area (Å²) in [4.78, 5) is 24.9. The normalized spacial score (nSPS) is 12.7. The minimum atomic E-state index is -0.996. The second-order valence-electron chi connectivity index (χ2n) is 14.6. The van der Waals surface area contributed by atoms with Crippen molar-refractivity contribution in [2.75, 3.05) is 26.4 Å². The lowest BCUT2D eigenvalue weighted by Gasteiger charge is -2.19. The summed E-state index contributed by atoms with van der Waals surface area (Å²) in [6, 6.07) is 0. The summed E-state index contributed by atoms with van der Waals surface area (Å²) in [5.74, 6) is -0.599. The van der Waals surface area contributed by atoms with Crippen LogP contribution in [0.5, 0.6) is 0 Å². The lowest BCUT2D eigenvalue weighted by atomic mass is 10.0. The zero-order valence-corrected chi connectivity index (χ0v) is 32.5. The average molecular weight is 699 g/mol. The second-order valence-corrected chi connectivity index (χ2v) is 14.6. The van der Waals surface area contributed by atoms with Crippen molar-refractivity contribution in [1.82, 2.24) is 0 Å². The van der Waals surface area contributed by atoms with Crippen LogP contribution in [0.25, 0.3) is 0 Å². The number of ether oxygens (including phenoxy) is 3. The molecule has 0 aromatic rings. The molecule has 0 aliphatic rings. The van der Waals surface area contributed by atoms with Crippen LogP contribution in [-0.4, -0.2) is 60.8 Å². The van der Waals surface area contributed by atoms with Gasteiger partial charge < -0.3 is 24.4 Å². The number of unbranched alkanes of at least 4 members (excludes halogenated alkanes) is 28. The Bertz CT molecular complexity index is 686. The maximum absolute atomic E-state index is 12.5. The molecule has 49 heavy (non-hydrogen) atoms. The number of hydrogen-bond acceptors (Lipinski definition) is 7. The van der Waals surface area contributed by atoms with Crippen molar-refractivity contribution in [3.63, 3.8) is 0 Å². The number of esters is 2. The first-order valence-electron chi connectivity index (χ1n) is 21.2. The molecule has 0 heterocycles. The Kier molecular flexibility index (Phi) is 38.6. The van der Waals surface area contributed by atoms with E-state index in [0.29, 0.717) is 12.8 Å². The van der Waals surface area contributed by atoms with Gasteiger partial charge in [0.1, 0.15) is 12.7 Å². The maximum Gasteiger partial charge on any atom is 0.306 e. The lowest BCUT2D eigenvalue weighted by molar-refractivity contribution is -0.163. The van der Waals surface area contributed by atoms with E-state index in [1.165, 1.54) is 154 Å². The molecule has 2 unspecified atom stereocenters. The minimum Gasteiger partial charge on any atom is -0.462 e. The van der Waals surface area contributed by atoms with Gasteiger partial charge in [-0.1, -0.05) is 194 Å². The standard InChI is InChI=1S/C42H82O7/c1-3-5-7-9-11-13-15-17-19-21-23-25-27-29-31-33-41(45)48-38-40(37-47-36-39(44)35-43)49-42(46)34-32-30-28-26-24-22-20-18-16-14-12-10-8-6-4-2/h39-40,43-44H,3-38H2,1-2H3. The molecule has 0 aromatic carbocycles. The van der Waals surface area contributed by atoms with E-state index in [1.54, 1.807) is 0 Å². The molecule has 7 nitrogen and oxygen atoms in total. The van der Waals surface area contributed by atoms with Gasteiger partial charge in [0.2, 0.25) is 0 Å². The zero-order chi connectivity index (χ0) is 35.9. The Morgan fingerprint density at radius 1 is 0.449 bits per heavy atom. The molecule has 0 radical (unpaired) electrons. The fourth-order valence-electron chi connectivity index (χ4n) is 6.29. The van der Waals surface area contributed by atoms with Gasteiger partial charge >= 0.3 is 11.9 Å². The van der Waals surface area contributed by atoms with Crippen molar-refractivity contribution in [2.45, 2.75) is 232 Å². The zero-order valence-electron chi connectivity index (χ0n) is 32.5. The molecule has 0 fully saturated rings. The molecule has 0 bridgehead atoms. The summed E-state index contributed by atoms with van der Waals surface area (Å²) in [6.07, 6.45) is 37.2. The van der Waals surface area contributed by atoms with E-state index in [0.717, 1.165) is 38.5 Å². The Morgan fingerprint density at radius 2 is 0.776 bits per heavy atom. The summed E-state index contributed by atoms with van der Waals surface area (Å²) in [6.45, 7) is 4.00. The molecule has 0 amide bonds. The maximum atomic E-state index is 12.5. The number of aliphatic hydroxyl groups is 2. The highest BCUT2D eigenvalue weighted by Gasteiger charge is 2.18. The van der Waals surface area contributed by atoms with E-state index < -0.39 is 18.8 Å². The molecule has 0 aliphatic carbocycles. The van der Waals surface area contributed by atoms with Crippen LogP contribution in [-0.2, 0) is 23.8 Å². The monoisotopic (exact) mass is 699 g/mol. The van der Waals surface area contributed by atoms with Gasteiger partial charge in [-0.2, -0.15) is 0 Å². The fourth-order valence-corrected chi connectivity index (χ4v) is 6.29. The van der Waals surface area contributed by atoms with Gasteiger partial charge in [0.15, 0.2) is 6.10 Å². The van der Waals surface area contributed by atoms with E-state index in [2.05, 4.69) is 13.8 Å². The average Bonchev–Trinajstić information content (AvgIpc) is 3.10. The van der Waals surface area contributed by atoms with Crippen molar-refractivity contribution in [3.05, 3.63) is 0 Å². The van der Waals surface area contributed by atoms with Crippen molar-refractivity contribution in [3.8, 4) is 0 Å². The Morgan fingerprint density at radius 3 is 1.12 bits per heavy atom. The first-order chi connectivity index (χ1) is 24.0. The molecule has 0 saturated carbocycles. The van der Waals surface area contributed by atoms with Crippen molar-refractivity contribution in [2.24, 2.45) is 0 Å². The number of aliphatic hydroxyl groups excluding tert-OH is 2. The van der Waals surface area contributed by atoms with Gasteiger partial charge in [-0.3, -0.25) is 9.59 Å². The Labute approximate surface area is 303 Å². The van der Waals surface area contributed by atoms with Gasteiger partial charge in [-0.25, -0.2) is 0 Å². The highest BCUT2D eigenvalue weighted by atomic mass is 16.6. The molecule has 0 spiro atoms. The Balaban J connectivity index is 3.92. The van der Waals surface area contributed by atoms with Crippen LogP contribution in [0.4, 0.5) is 0 Å². The SMILES string of the molecule is CCCCCCCCCCCCCCCCCC(=O)OCC(COCC(O)CO)OC(=O)CCCCCCCCCCCCCCCCC. The first kappa shape index (κ1) is 47.8. The van der Waals surface area contributed by atoms with E-state index >= 15 is 0 Å². The Hall–Kier alpha value is -1.18. The van der Waals surface area contributed by atoms with E-state index in [4.69, 9.17) is 19.3 Å².